The van der Waals surface area contributed by atoms with Crippen LogP contribution in [0.2, 0.25) is 5.02 Å². The highest BCUT2D eigenvalue weighted by Gasteiger charge is 2.29. The molecular weight excluding hydrogens is 504 g/mol. The Morgan fingerprint density at radius 3 is 2.82 bits per heavy atom. The molecule has 2 saturated heterocycles. The van der Waals surface area contributed by atoms with E-state index >= 15 is 0 Å². The molecule has 204 valence electrons. The largest absolute Gasteiger partial charge is 0.461 e. The lowest BCUT2D eigenvalue weighted by atomic mass is 9.98. The molecule has 0 radical (unpaired) electrons. The monoisotopic (exact) mass is 540 g/mol. The van der Waals surface area contributed by atoms with Gasteiger partial charge in [0, 0.05) is 68.0 Å². The van der Waals surface area contributed by atoms with Gasteiger partial charge in [-0.3, -0.25) is 0 Å². The molecule has 0 amide bonds. The van der Waals surface area contributed by atoms with Gasteiger partial charge in [-0.1, -0.05) is 11.6 Å². The minimum absolute atomic E-state index is 0.0756. The summed E-state index contributed by atoms with van der Waals surface area (Å²) in [5.41, 5.74) is 6.77. The van der Waals surface area contributed by atoms with E-state index in [0.29, 0.717) is 23.9 Å². The van der Waals surface area contributed by atoms with Crippen molar-refractivity contribution in [2.75, 3.05) is 61.1 Å². The fraction of sp³-hybridized carbons (Fsp3) is 0.536. The van der Waals surface area contributed by atoms with Crippen molar-refractivity contribution in [3.63, 3.8) is 0 Å². The second kappa shape index (κ2) is 11.9. The maximum absolute atomic E-state index is 12.7. The van der Waals surface area contributed by atoms with Crippen LogP contribution in [0.15, 0.2) is 12.1 Å². The predicted octanol–water partition coefficient (Wildman–Crippen LogP) is 4.13. The number of anilines is 3. The minimum Gasteiger partial charge on any atom is -0.461 e. The predicted molar refractivity (Wildman–Crippen MR) is 151 cm³/mol. The highest BCUT2D eigenvalue weighted by atomic mass is 35.5. The second-order valence-corrected chi connectivity index (χ2v) is 10.4. The van der Waals surface area contributed by atoms with Crippen LogP contribution in [0.3, 0.4) is 0 Å². The normalized spacial score (nSPS) is 19.6. The average molecular weight is 541 g/mol. The van der Waals surface area contributed by atoms with Crippen molar-refractivity contribution in [2.24, 2.45) is 0 Å². The summed E-state index contributed by atoms with van der Waals surface area (Å²) in [7, 11) is 0. The summed E-state index contributed by atoms with van der Waals surface area (Å²) in [6.45, 7) is 9.62. The molecule has 38 heavy (non-hydrogen) atoms. The van der Waals surface area contributed by atoms with Gasteiger partial charge in [-0.05, 0) is 57.2 Å². The summed E-state index contributed by atoms with van der Waals surface area (Å²) in [6, 6.07) is 3.90. The third-order valence-corrected chi connectivity index (χ3v) is 8.00. The van der Waals surface area contributed by atoms with E-state index in [-0.39, 0.29) is 6.23 Å². The Kier molecular flexibility index (Phi) is 8.35. The van der Waals surface area contributed by atoms with Crippen molar-refractivity contribution in [1.29, 1.82) is 5.41 Å². The third kappa shape index (κ3) is 5.46. The number of carbonyl (C=O) groups excluding carboxylic acids is 1. The Labute approximate surface area is 229 Å². The van der Waals surface area contributed by atoms with E-state index in [1.165, 1.54) is 11.8 Å². The van der Waals surface area contributed by atoms with Crippen LogP contribution < -0.4 is 20.4 Å². The van der Waals surface area contributed by atoms with Gasteiger partial charge in [-0.25, -0.2) is 9.78 Å². The zero-order valence-electron chi connectivity index (χ0n) is 22.2. The first-order valence-corrected chi connectivity index (χ1v) is 14.0. The molecule has 2 fully saturated rings. The molecule has 1 unspecified atom stereocenters. The van der Waals surface area contributed by atoms with Crippen molar-refractivity contribution in [3.05, 3.63) is 45.2 Å². The molecule has 1 atom stereocenters. The first kappa shape index (κ1) is 26.7. The summed E-state index contributed by atoms with van der Waals surface area (Å²) < 4.78 is 11.2. The lowest BCUT2D eigenvalue weighted by Crippen LogP contribution is -2.44. The number of esters is 1. The lowest BCUT2D eigenvalue weighted by molar-refractivity contribution is 0.0343. The van der Waals surface area contributed by atoms with Crippen molar-refractivity contribution in [3.8, 4) is 0 Å². The van der Waals surface area contributed by atoms with Crippen molar-refractivity contribution >= 4 is 40.8 Å². The molecule has 3 aliphatic rings. The van der Waals surface area contributed by atoms with Crippen LogP contribution in [0, 0.1) is 12.3 Å². The van der Waals surface area contributed by atoms with Crippen LogP contribution in [-0.2, 0) is 22.4 Å². The molecule has 1 aromatic heterocycles. The lowest BCUT2D eigenvalue weighted by Gasteiger charge is -2.37. The molecule has 4 heterocycles. The number of pyridine rings is 1. The summed E-state index contributed by atoms with van der Waals surface area (Å²) in [6.07, 6.45) is 5.18. The van der Waals surface area contributed by atoms with Crippen molar-refractivity contribution < 1.29 is 14.3 Å². The summed E-state index contributed by atoms with van der Waals surface area (Å²) >= 11 is 6.91. The number of nitrogens with zero attached hydrogens (tertiary/aromatic N) is 3. The fourth-order valence-electron chi connectivity index (χ4n) is 5.60. The smallest absolute Gasteiger partial charge is 0.356 e. The Morgan fingerprint density at radius 2 is 2.11 bits per heavy atom. The number of ether oxygens (including phenoxy) is 2. The molecule has 0 bridgehead atoms. The Bertz CT molecular complexity index is 1190. The van der Waals surface area contributed by atoms with Crippen molar-refractivity contribution in [2.45, 2.75) is 52.3 Å². The Hall–Kier alpha value is -2.88. The van der Waals surface area contributed by atoms with Crippen LogP contribution in [0.4, 0.5) is 17.1 Å². The van der Waals surface area contributed by atoms with Crippen LogP contribution in [-0.4, -0.2) is 69.3 Å². The zero-order chi connectivity index (χ0) is 26.6. The van der Waals surface area contributed by atoms with E-state index < -0.39 is 5.97 Å². The molecular formula is C28H37ClN6O3. The number of benzene rings is 1. The van der Waals surface area contributed by atoms with Crippen molar-refractivity contribution in [1.82, 2.24) is 10.3 Å². The molecule has 5 rings (SSSR count). The van der Waals surface area contributed by atoms with Gasteiger partial charge in [-0.2, -0.15) is 0 Å². The van der Waals surface area contributed by atoms with Gasteiger partial charge in [0.15, 0.2) is 5.69 Å². The highest BCUT2D eigenvalue weighted by molar-refractivity contribution is 6.35. The molecule has 0 aliphatic carbocycles. The number of piperazine rings is 1. The molecule has 1 aromatic carbocycles. The van der Waals surface area contributed by atoms with Gasteiger partial charge in [0.25, 0.3) is 0 Å². The average Bonchev–Trinajstić information content (AvgIpc) is 2.95. The summed E-state index contributed by atoms with van der Waals surface area (Å²) in [5, 5.41) is 15.8. The Morgan fingerprint density at radius 1 is 1.29 bits per heavy atom. The van der Waals surface area contributed by atoms with Crippen LogP contribution in [0.25, 0.3) is 0 Å². The molecule has 0 saturated carbocycles. The number of rotatable bonds is 7. The minimum atomic E-state index is -0.406. The number of halogens is 1. The SMILES string of the molecule is CCOC(=O)c1cc(N2CCNCC2)c2c(n1)CN(c1c(Cl)c(C)cc(NC3CCCCO3)c1C=N)CC2. The van der Waals surface area contributed by atoms with Crippen LogP contribution in [0.1, 0.15) is 59.1 Å². The van der Waals surface area contributed by atoms with Gasteiger partial charge in [0.05, 0.1) is 29.6 Å². The summed E-state index contributed by atoms with van der Waals surface area (Å²) in [5.74, 6) is -0.406. The van der Waals surface area contributed by atoms with E-state index in [9.17, 15) is 4.79 Å². The molecule has 9 nitrogen and oxygen atoms in total. The quantitative estimate of drug-likeness (QED) is 0.356. The van der Waals surface area contributed by atoms with Gasteiger partial charge < -0.3 is 35.3 Å². The first-order chi connectivity index (χ1) is 18.5. The maximum Gasteiger partial charge on any atom is 0.356 e. The number of aromatic nitrogens is 1. The maximum atomic E-state index is 12.7. The molecule has 0 spiro atoms. The molecule has 3 aliphatic heterocycles. The topological polar surface area (TPSA) is 103 Å². The van der Waals surface area contributed by atoms with Gasteiger partial charge >= 0.3 is 5.97 Å². The van der Waals surface area contributed by atoms with E-state index in [0.717, 1.165) is 98.9 Å². The highest BCUT2D eigenvalue weighted by Crippen LogP contribution is 2.40. The Balaban J connectivity index is 1.52. The number of carbonyl (C=O) groups is 1. The fourth-order valence-corrected chi connectivity index (χ4v) is 5.88. The van der Waals surface area contributed by atoms with Gasteiger partial charge in [-0.15, -0.1) is 0 Å². The van der Waals surface area contributed by atoms with Crippen LogP contribution >= 0.6 is 11.6 Å². The zero-order valence-corrected chi connectivity index (χ0v) is 23.0. The van der Waals surface area contributed by atoms with E-state index in [1.54, 1.807) is 6.92 Å². The van der Waals surface area contributed by atoms with E-state index in [2.05, 4.69) is 20.4 Å². The number of fused-ring (bicyclic) bond motifs is 1. The van der Waals surface area contributed by atoms with Gasteiger partial charge in [0.1, 0.15) is 6.23 Å². The number of nitrogens with one attached hydrogen (secondary N) is 3. The standard InChI is InChI=1S/C28H37ClN6O3/c1-3-37-28(36)22-15-24(34-11-8-31-9-12-34)19-7-10-35(17-23(19)32-22)27-20(16-30)21(14-18(2)26(27)29)33-25-6-4-5-13-38-25/h14-16,25,30-31,33H,3-13,17H2,1-2H3. The van der Waals surface area contributed by atoms with E-state index in [4.69, 9.17) is 31.5 Å². The van der Waals surface area contributed by atoms with Gasteiger partial charge in [0.2, 0.25) is 0 Å². The van der Waals surface area contributed by atoms with E-state index in [1.807, 2.05) is 19.1 Å². The number of aryl methyl sites for hydroxylation is 1. The summed E-state index contributed by atoms with van der Waals surface area (Å²) in [4.78, 5) is 22.1. The molecule has 2 aromatic rings. The number of hydrogen-bond acceptors (Lipinski definition) is 9. The molecule has 3 N–H and O–H groups in total. The first-order valence-electron chi connectivity index (χ1n) is 13.6. The second-order valence-electron chi connectivity index (χ2n) is 10.0. The molecule has 10 heteroatoms. The number of hydrogen-bond donors (Lipinski definition) is 3. The third-order valence-electron chi connectivity index (χ3n) is 7.52. The van der Waals surface area contributed by atoms with Crippen LogP contribution in [0.5, 0.6) is 0 Å².